The van der Waals surface area contributed by atoms with Gasteiger partial charge in [-0.1, -0.05) is 190 Å². The quantitative estimate of drug-likeness (QED) is 0.0754. The molecule has 0 saturated carbocycles. The molecule has 0 N–H and O–H groups in total. The molecule has 4 unspecified atom stereocenters. The molecule has 0 heterocycles. The largest absolute Gasteiger partial charge is 0.379 e. The van der Waals surface area contributed by atoms with Gasteiger partial charge in [-0.15, -0.1) is 0 Å². The molecule has 0 fully saturated rings. The average molecular weight is 593 g/mol. The van der Waals surface area contributed by atoms with Crippen LogP contribution >= 0.6 is 0 Å². The first kappa shape index (κ1) is 42.0. The van der Waals surface area contributed by atoms with Crippen LogP contribution < -0.4 is 0 Å². The average Bonchev–Trinajstić information content (AvgIpc) is 2.91. The predicted molar refractivity (Wildman–Crippen MR) is 192 cm³/mol. The van der Waals surface area contributed by atoms with E-state index in [0.29, 0.717) is 0 Å². The number of unbranched alkanes of at least 4 members (excludes halogenated alkanes) is 1. The van der Waals surface area contributed by atoms with Gasteiger partial charge in [-0.05, 0) is 61.7 Å². The molecule has 42 heavy (non-hydrogen) atoms. The lowest BCUT2D eigenvalue weighted by atomic mass is 9.89. The van der Waals surface area contributed by atoms with Crippen molar-refractivity contribution in [2.75, 3.05) is 7.11 Å². The molecule has 0 aromatic heterocycles. The van der Waals surface area contributed by atoms with Crippen molar-refractivity contribution >= 4 is 0 Å². The molecule has 0 aliphatic heterocycles. The van der Waals surface area contributed by atoms with Gasteiger partial charge in [-0.3, -0.25) is 0 Å². The second-order valence-corrected chi connectivity index (χ2v) is 16.8. The molecule has 6 atom stereocenters. The lowest BCUT2D eigenvalue weighted by Crippen LogP contribution is -2.22. The van der Waals surface area contributed by atoms with Crippen molar-refractivity contribution in [1.82, 2.24) is 0 Å². The highest BCUT2D eigenvalue weighted by Crippen LogP contribution is 2.26. The second-order valence-electron chi connectivity index (χ2n) is 16.8. The van der Waals surface area contributed by atoms with Crippen LogP contribution in [0.25, 0.3) is 0 Å². The summed E-state index contributed by atoms with van der Waals surface area (Å²) in [6.07, 6.45) is 31.2. The third-order valence-corrected chi connectivity index (χ3v) is 10.7. The van der Waals surface area contributed by atoms with E-state index in [1.54, 1.807) is 0 Å². The Balaban J connectivity index is 3.67. The van der Waals surface area contributed by atoms with Crippen LogP contribution in [-0.2, 0) is 4.74 Å². The molecule has 1 nitrogen and oxygen atoms in total. The highest BCUT2D eigenvalue weighted by atomic mass is 16.5. The Bertz CT molecular complexity index is 565. The minimum absolute atomic E-state index is 0.0489. The van der Waals surface area contributed by atoms with E-state index in [2.05, 4.69) is 69.2 Å². The van der Waals surface area contributed by atoms with Crippen molar-refractivity contribution in [2.24, 2.45) is 41.4 Å². The summed E-state index contributed by atoms with van der Waals surface area (Å²) < 4.78 is 5.57. The fraction of sp³-hybridized carbons (Fsp3) is 1.00. The summed E-state index contributed by atoms with van der Waals surface area (Å²) >= 11 is 0. The molecule has 0 spiro atoms. The van der Waals surface area contributed by atoms with Gasteiger partial charge in [0.1, 0.15) is 0 Å². The van der Waals surface area contributed by atoms with Crippen molar-refractivity contribution in [2.45, 2.75) is 216 Å². The Hall–Kier alpha value is -0.0400. The van der Waals surface area contributed by atoms with Crippen LogP contribution in [0.4, 0.5) is 0 Å². The summed E-state index contributed by atoms with van der Waals surface area (Å²) in [6.45, 7) is 24.1. The maximum Gasteiger partial charge on any atom is 0.0622 e. The Morgan fingerprint density at radius 2 is 0.595 bits per heavy atom. The number of rotatable bonds is 30. The SMILES string of the molecule is COC(C)(C)CCCC(C)CCCC(C)CCCC(C)CCCC[C@@H](C)CCCC(C)CCC[C@H](C)CCCC(C)C. The van der Waals surface area contributed by atoms with Gasteiger partial charge in [-0.25, -0.2) is 0 Å². The van der Waals surface area contributed by atoms with Crippen LogP contribution in [0.1, 0.15) is 210 Å². The van der Waals surface area contributed by atoms with E-state index >= 15 is 0 Å². The number of ether oxygens (including phenoxy) is 1. The summed E-state index contributed by atoms with van der Waals surface area (Å²) in [5, 5.41) is 0. The molecular formula is C41H84O. The van der Waals surface area contributed by atoms with E-state index in [4.69, 9.17) is 4.74 Å². The van der Waals surface area contributed by atoms with Gasteiger partial charge >= 0.3 is 0 Å². The molecule has 1 heteroatoms. The third kappa shape index (κ3) is 27.5. The van der Waals surface area contributed by atoms with Crippen molar-refractivity contribution in [1.29, 1.82) is 0 Å². The smallest absolute Gasteiger partial charge is 0.0622 e. The zero-order valence-corrected chi connectivity index (χ0v) is 31.5. The van der Waals surface area contributed by atoms with Gasteiger partial charge in [-0.2, -0.15) is 0 Å². The third-order valence-electron chi connectivity index (χ3n) is 10.7. The lowest BCUT2D eigenvalue weighted by molar-refractivity contribution is 0.0127. The van der Waals surface area contributed by atoms with Gasteiger partial charge < -0.3 is 4.74 Å². The van der Waals surface area contributed by atoms with Crippen LogP contribution in [0.5, 0.6) is 0 Å². The molecule has 0 aliphatic carbocycles. The van der Waals surface area contributed by atoms with E-state index in [1.807, 2.05) is 7.11 Å². The Morgan fingerprint density at radius 1 is 0.357 bits per heavy atom. The zero-order valence-electron chi connectivity index (χ0n) is 31.5. The molecule has 0 amide bonds. The molecule has 254 valence electrons. The predicted octanol–water partition coefficient (Wildman–Crippen LogP) is 14.5. The van der Waals surface area contributed by atoms with E-state index in [-0.39, 0.29) is 5.60 Å². The highest BCUT2D eigenvalue weighted by Gasteiger charge is 2.16. The van der Waals surface area contributed by atoms with Crippen LogP contribution in [0.3, 0.4) is 0 Å². The fourth-order valence-corrected chi connectivity index (χ4v) is 6.96. The summed E-state index contributed by atoms with van der Waals surface area (Å²) in [5.41, 5.74) is 0.0489. The monoisotopic (exact) mass is 593 g/mol. The van der Waals surface area contributed by atoms with Gasteiger partial charge in [0.2, 0.25) is 0 Å². The first-order chi connectivity index (χ1) is 19.8. The molecule has 0 aromatic carbocycles. The fourth-order valence-electron chi connectivity index (χ4n) is 6.96. The molecule has 0 radical (unpaired) electrons. The number of methoxy groups -OCH3 is 1. The van der Waals surface area contributed by atoms with Gasteiger partial charge in [0, 0.05) is 7.11 Å². The van der Waals surface area contributed by atoms with E-state index in [0.717, 1.165) is 41.4 Å². The van der Waals surface area contributed by atoms with Crippen molar-refractivity contribution in [3.8, 4) is 0 Å². The van der Waals surface area contributed by atoms with Crippen molar-refractivity contribution in [3.63, 3.8) is 0 Å². The number of hydrogen-bond acceptors (Lipinski definition) is 1. The summed E-state index contributed by atoms with van der Waals surface area (Å²) in [5.74, 6) is 6.35. The van der Waals surface area contributed by atoms with E-state index in [1.165, 1.54) is 141 Å². The molecule has 0 saturated heterocycles. The van der Waals surface area contributed by atoms with Crippen molar-refractivity contribution < 1.29 is 4.74 Å². The minimum atomic E-state index is 0.0489. The highest BCUT2D eigenvalue weighted by molar-refractivity contribution is 4.69. The van der Waals surface area contributed by atoms with Gasteiger partial charge in [0.25, 0.3) is 0 Å². The van der Waals surface area contributed by atoms with Gasteiger partial charge in [0.05, 0.1) is 5.60 Å². The van der Waals surface area contributed by atoms with Crippen molar-refractivity contribution in [3.05, 3.63) is 0 Å². The standard InChI is InChI=1S/C41H84O/c1-34(2)20-14-23-37(5)26-17-29-38(6)27-15-24-35(3)21-12-13-22-36(4)25-16-28-39(7)30-18-31-40(8)32-19-33-41(9,10)42-11/h34-40H,12-33H2,1-11H3/t35-,36?,37-,38?,39?,40?/m1/s1. The summed E-state index contributed by atoms with van der Waals surface area (Å²) in [4.78, 5) is 0. The molecule has 0 aliphatic rings. The van der Waals surface area contributed by atoms with Crippen LogP contribution in [0.2, 0.25) is 0 Å². The Kier molecular flexibility index (Phi) is 26.2. The Labute approximate surface area is 268 Å². The molecular weight excluding hydrogens is 508 g/mol. The molecule has 0 bridgehead atoms. The maximum absolute atomic E-state index is 5.57. The molecule has 0 aromatic rings. The first-order valence-corrected chi connectivity index (χ1v) is 19.4. The van der Waals surface area contributed by atoms with E-state index in [9.17, 15) is 0 Å². The lowest BCUT2D eigenvalue weighted by Gasteiger charge is -2.23. The summed E-state index contributed by atoms with van der Waals surface area (Å²) in [7, 11) is 1.84. The minimum Gasteiger partial charge on any atom is -0.379 e. The Morgan fingerprint density at radius 3 is 0.857 bits per heavy atom. The molecule has 0 rings (SSSR count). The maximum atomic E-state index is 5.57. The normalized spacial score (nSPS) is 16.9. The van der Waals surface area contributed by atoms with Gasteiger partial charge in [0.15, 0.2) is 0 Å². The topological polar surface area (TPSA) is 9.23 Å². The number of hydrogen-bond donors (Lipinski definition) is 0. The zero-order chi connectivity index (χ0) is 31.8. The van der Waals surface area contributed by atoms with Crippen LogP contribution in [0.15, 0.2) is 0 Å². The first-order valence-electron chi connectivity index (χ1n) is 19.4. The van der Waals surface area contributed by atoms with E-state index < -0.39 is 0 Å². The second kappa shape index (κ2) is 26.2. The van der Waals surface area contributed by atoms with Crippen LogP contribution in [-0.4, -0.2) is 12.7 Å². The van der Waals surface area contributed by atoms with Crippen LogP contribution in [0, 0.1) is 41.4 Å². The summed E-state index contributed by atoms with van der Waals surface area (Å²) in [6, 6.07) is 0.